The molecule has 7 heteroatoms. The third kappa shape index (κ3) is 3.15. The second-order valence-corrected chi connectivity index (χ2v) is 7.51. The Morgan fingerprint density at radius 1 is 0.968 bits per heavy atom. The molecule has 0 saturated carbocycles. The molecule has 0 aliphatic carbocycles. The van der Waals surface area contributed by atoms with Crippen LogP contribution in [0.4, 0.5) is 5.95 Å². The third-order valence-electron chi connectivity index (χ3n) is 5.67. The fourth-order valence-electron chi connectivity index (χ4n) is 4.15. The Hall–Kier alpha value is -4.00. The number of aryl methyl sites for hydroxylation is 1. The molecule has 0 radical (unpaired) electrons. The zero-order chi connectivity index (χ0) is 21.5. The van der Waals surface area contributed by atoms with Crippen LogP contribution in [0, 0.1) is 6.92 Å². The monoisotopic (exact) mass is 410 g/mol. The SMILES string of the molecule is COc1cc2c(cc1-c1cnc(N)nc1)ncc1nc(C)n([C@@H](C)c3ccccc3)c12. The summed E-state index contributed by atoms with van der Waals surface area (Å²) in [5, 5.41) is 0.984. The maximum Gasteiger partial charge on any atom is 0.219 e. The largest absolute Gasteiger partial charge is 0.496 e. The van der Waals surface area contributed by atoms with Crippen LogP contribution in [0.25, 0.3) is 33.1 Å². The molecule has 3 aromatic heterocycles. The van der Waals surface area contributed by atoms with Crippen molar-refractivity contribution in [3.05, 3.63) is 72.4 Å². The number of hydrogen-bond acceptors (Lipinski definition) is 6. The van der Waals surface area contributed by atoms with Gasteiger partial charge in [-0.2, -0.15) is 0 Å². The predicted octanol–water partition coefficient (Wildman–Crippen LogP) is 4.55. The van der Waals surface area contributed by atoms with Crippen molar-refractivity contribution in [1.29, 1.82) is 0 Å². The summed E-state index contributed by atoms with van der Waals surface area (Å²) in [4.78, 5) is 17.7. The highest BCUT2D eigenvalue weighted by Crippen LogP contribution is 2.37. The molecule has 1 atom stereocenters. The van der Waals surface area contributed by atoms with Crippen LogP contribution < -0.4 is 10.5 Å². The van der Waals surface area contributed by atoms with Crippen molar-refractivity contribution < 1.29 is 4.74 Å². The van der Waals surface area contributed by atoms with Gasteiger partial charge in [0.25, 0.3) is 0 Å². The molecule has 2 N–H and O–H groups in total. The van der Waals surface area contributed by atoms with Crippen molar-refractivity contribution >= 4 is 27.9 Å². The van der Waals surface area contributed by atoms with Crippen molar-refractivity contribution in [2.45, 2.75) is 19.9 Å². The lowest BCUT2D eigenvalue weighted by Crippen LogP contribution is -2.08. The number of ether oxygens (including phenoxy) is 1. The molecule has 31 heavy (non-hydrogen) atoms. The van der Waals surface area contributed by atoms with Gasteiger partial charge < -0.3 is 15.0 Å². The fraction of sp³-hybridized carbons (Fsp3) is 0.167. The van der Waals surface area contributed by atoms with Gasteiger partial charge in [-0.25, -0.2) is 15.0 Å². The van der Waals surface area contributed by atoms with Gasteiger partial charge in [0.1, 0.15) is 17.1 Å². The van der Waals surface area contributed by atoms with Crippen molar-refractivity contribution in [3.63, 3.8) is 0 Å². The van der Waals surface area contributed by atoms with Crippen LogP contribution in [0.2, 0.25) is 0 Å². The summed E-state index contributed by atoms with van der Waals surface area (Å²) in [5.41, 5.74) is 11.3. The molecule has 0 bridgehead atoms. The highest BCUT2D eigenvalue weighted by Gasteiger charge is 2.19. The number of aromatic nitrogens is 5. The first-order chi connectivity index (χ1) is 15.1. The van der Waals surface area contributed by atoms with E-state index in [1.807, 2.05) is 31.3 Å². The predicted molar refractivity (Wildman–Crippen MR) is 122 cm³/mol. The molecule has 0 spiro atoms. The van der Waals surface area contributed by atoms with E-state index in [2.05, 4.69) is 50.7 Å². The second kappa shape index (κ2) is 7.36. The van der Waals surface area contributed by atoms with Gasteiger partial charge in [0, 0.05) is 28.9 Å². The van der Waals surface area contributed by atoms with Gasteiger partial charge in [-0.15, -0.1) is 0 Å². The molecule has 7 nitrogen and oxygen atoms in total. The topological polar surface area (TPSA) is 91.7 Å². The average molecular weight is 410 g/mol. The zero-order valence-electron chi connectivity index (χ0n) is 17.6. The first-order valence-electron chi connectivity index (χ1n) is 10.0. The second-order valence-electron chi connectivity index (χ2n) is 7.51. The summed E-state index contributed by atoms with van der Waals surface area (Å²) in [7, 11) is 1.66. The molecule has 0 aliphatic rings. The maximum atomic E-state index is 5.73. The number of imidazole rings is 1. The number of nitrogens with two attached hydrogens (primary N) is 1. The van der Waals surface area contributed by atoms with Gasteiger partial charge in [-0.3, -0.25) is 4.98 Å². The number of nitrogen functional groups attached to an aromatic ring is 1. The Morgan fingerprint density at radius 2 is 1.71 bits per heavy atom. The first kappa shape index (κ1) is 19.0. The van der Waals surface area contributed by atoms with E-state index in [-0.39, 0.29) is 12.0 Å². The molecule has 5 rings (SSSR count). The van der Waals surface area contributed by atoms with Gasteiger partial charge in [0.05, 0.1) is 30.4 Å². The minimum absolute atomic E-state index is 0.118. The summed E-state index contributed by atoms with van der Waals surface area (Å²) in [5.74, 6) is 1.89. The van der Waals surface area contributed by atoms with E-state index >= 15 is 0 Å². The lowest BCUT2D eigenvalue weighted by atomic mass is 10.0. The van der Waals surface area contributed by atoms with Gasteiger partial charge in [-0.1, -0.05) is 30.3 Å². The van der Waals surface area contributed by atoms with E-state index < -0.39 is 0 Å². The summed E-state index contributed by atoms with van der Waals surface area (Å²) >= 11 is 0. The summed E-state index contributed by atoms with van der Waals surface area (Å²) in [6.45, 7) is 4.22. The summed E-state index contributed by atoms with van der Waals surface area (Å²) in [6.07, 6.45) is 5.21. The third-order valence-corrected chi connectivity index (χ3v) is 5.67. The van der Waals surface area contributed by atoms with Crippen LogP contribution in [-0.2, 0) is 0 Å². The molecule has 0 fully saturated rings. The summed E-state index contributed by atoms with van der Waals surface area (Å²) < 4.78 is 8.00. The van der Waals surface area contributed by atoms with Crippen molar-refractivity contribution in [3.8, 4) is 16.9 Å². The van der Waals surface area contributed by atoms with E-state index in [1.54, 1.807) is 19.5 Å². The maximum absolute atomic E-state index is 5.73. The van der Waals surface area contributed by atoms with Crippen LogP contribution in [0.15, 0.2) is 61.1 Å². The molecular weight excluding hydrogens is 388 g/mol. The van der Waals surface area contributed by atoms with Crippen LogP contribution >= 0.6 is 0 Å². The van der Waals surface area contributed by atoms with Crippen LogP contribution in [0.5, 0.6) is 5.75 Å². The molecule has 0 aliphatic heterocycles. The number of fused-ring (bicyclic) bond motifs is 3. The molecule has 0 saturated heterocycles. The Labute approximate surface area is 179 Å². The molecule has 0 unspecified atom stereocenters. The normalized spacial score (nSPS) is 12.4. The Balaban J connectivity index is 1.77. The lowest BCUT2D eigenvalue weighted by Gasteiger charge is -2.18. The van der Waals surface area contributed by atoms with Gasteiger partial charge >= 0.3 is 0 Å². The molecule has 3 heterocycles. The summed E-state index contributed by atoms with van der Waals surface area (Å²) in [6, 6.07) is 14.6. The van der Waals surface area contributed by atoms with Crippen LogP contribution in [-0.4, -0.2) is 31.6 Å². The van der Waals surface area contributed by atoms with E-state index in [4.69, 9.17) is 15.5 Å². The molecule has 0 amide bonds. The molecular formula is C24H22N6O. The zero-order valence-corrected chi connectivity index (χ0v) is 17.6. The van der Waals surface area contributed by atoms with Gasteiger partial charge in [-0.05, 0) is 31.5 Å². The van der Waals surface area contributed by atoms with Crippen LogP contribution in [0.3, 0.4) is 0 Å². The quantitative estimate of drug-likeness (QED) is 0.467. The first-order valence-corrected chi connectivity index (χ1v) is 10.0. The average Bonchev–Trinajstić information content (AvgIpc) is 3.15. The van der Waals surface area contributed by atoms with Crippen LogP contribution in [0.1, 0.15) is 24.4 Å². The highest BCUT2D eigenvalue weighted by molar-refractivity contribution is 6.05. The van der Waals surface area contributed by atoms with Gasteiger partial charge in [0.15, 0.2) is 0 Å². The van der Waals surface area contributed by atoms with E-state index in [0.29, 0.717) is 5.75 Å². The highest BCUT2D eigenvalue weighted by atomic mass is 16.5. The Bertz CT molecular complexity index is 1390. The lowest BCUT2D eigenvalue weighted by molar-refractivity contribution is 0.417. The van der Waals surface area contributed by atoms with Crippen molar-refractivity contribution in [1.82, 2.24) is 24.5 Å². The van der Waals surface area contributed by atoms with Crippen molar-refractivity contribution in [2.75, 3.05) is 12.8 Å². The molecule has 154 valence electrons. The minimum atomic E-state index is 0.118. The van der Waals surface area contributed by atoms with E-state index in [0.717, 1.165) is 38.9 Å². The Morgan fingerprint density at radius 3 is 2.42 bits per heavy atom. The number of benzene rings is 2. The Kier molecular flexibility index (Phi) is 4.51. The number of hydrogen-bond donors (Lipinski definition) is 1. The van der Waals surface area contributed by atoms with E-state index in [1.165, 1.54) is 5.56 Å². The van der Waals surface area contributed by atoms with Gasteiger partial charge in [0.2, 0.25) is 5.95 Å². The smallest absolute Gasteiger partial charge is 0.219 e. The van der Waals surface area contributed by atoms with E-state index in [9.17, 15) is 0 Å². The number of anilines is 1. The minimum Gasteiger partial charge on any atom is -0.496 e. The standard InChI is InChI=1S/C24H22N6O/c1-14(16-7-5-4-6-8-16)30-15(2)29-21-13-26-20-9-18(17-11-27-24(25)28-12-17)22(31-3)10-19(20)23(21)30/h4-14H,1-3H3,(H2,25,27,28)/t14-/m0/s1. The van der Waals surface area contributed by atoms with Crippen molar-refractivity contribution in [2.24, 2.45) is 0 Å². The number of methoxy groups -OCH3 is 1. The molecule has 2 aromatic carbocycles. The fourth-order valence-corrected chi connectivity index (χ4v) is 4.15. The number of nitrogens with zero attached hydrogens (tertiary/aromatic N) is 5. The number of pyridine rings is 1. The molecule has 5 aromatic rings. The number of rotatable bonds is 4.